The fourth-order valence-electron chi connectivity index (χ4n) is 2.81. The second-order valence-corrected chi connectivity index (χ2v) is 8.07. The molecule has 0 aliphatic heterocycles. The molecule has 6 nitrogen and oxygen atoms in total. The zero-order valence-electron chi connectivity index (χ0n) is 16.2. The molecule has 0 aliphatic carbocycles. The van der Waals surface area contributed by atoms with Crippen molar-refractivity contribution in [2.45, 2.75) is 32.9 Å². The first-order valence-corrected chi connectivity index (χ1v) is 10.7. The lowest BCUT2D eigenvalue weighted by Crippen LogP contribution is -2.17. The van der Waals surface area contributed by atoms with Crippen LogP contribution in [0, 0.1) is 4.77 Å². The molecule has 0 spiro atoms. The second kappa shape index (κ2) is 10.1. The van der Waals surface area contributed by atoms with Gasteiger partial charge in [-0.2, -0.15) is 5.10 Å². The summed E-state index contributed by atoms with van der Waals surface area (Å²) in [6, 6.07) is 11.5. The first kappa shape index (κ1) is 21.7. The van der Waals surface area contributed by atoms with Crippen LogP contribution in [-0.4, -0.2) is 22.0 Å². The number of aromatic nitrogens is 3. The van der Waals surface area contributed by atoms with E-state index in [0.29, 0.717) is 34.4 Å². The minimum atomic E-state index is 0.411. The quantitative estimate of drug-likeness (QED) is 0.375. The maximum Gasteiger partial charge on any atom is 0.214 e. The fraction of sp³-hybridized carbons (Fsp3) is 0.300. The van der Waals surface area contributed by atoms with Gasteiger partial charge in [0.2, 0.25) is 4.77 Å². The van der Waals surface area contributed by atoms with Crippen molar-refractivity contribution in [1.29, 1.82) is 0 Å². The molecule has 0 amide bonds. The molecule has 1 aromatic heterocycles. The highest BCUT2D eigenvalue weighted by Crippen LogP contribution is 2.37. The van der Waals surface area contributed by atoms with E-state index in [9.17, 15) is 0 Å². The number of ether oxygens (including phenoxy) is 2. The Morgan fingerprint density at radius 1 is 1.24 bits per heavy atom. The van der Waals surface area contributed by atoms with Gasteiger partial charge in [-0.05, 0) is 70.0 Å². The molecule has 0 atom stereocenters. The summed E-state index contributed by atoms with van der Waals surface area (Å²) < 4.78 is 14.7. The lowest BCUT2D eigenvalue weighted by molar-refractivity contribution is 0.282. The summed E-state index contributed by atoms with van der Waals surface area (Å²) in [5.41, 5.74) is 5.35. The van der Waals surface area contributed by atoms with Gasteiger partial charge in [0.15, 0.2) is 17.3 Å². The lowest BCUT2D eigenvalue weighted by Gasteiger charge is -2.16. The van der Waals surface area contributed by atoms with Crippen molar-refractivity contribution < 1.29 is 9.47 Å². The van der Waals surface area contributed by atoms with Gasteiger partial charge in [0.25, 0.3) is 0 Å². The molecule has 2 N–H and O–H groups in total. The molecule has 0 aliphatic rings. The number of benzene rings is 2. The summed E-state index contributed by atoms with van der Waals surface area (Å²) in [4.78, 5) is 0. The molecule has 3 rings (SSSR count). The van der Waals surface area contributed by atoms with E-state index in [1.54, 1.807) is 7.11 Å². The molecule has 1 heterocycles. The molecule has 2 aromatic carbocycles. The standard InChI is InChI=1S/C20H22BrClN4O2S/c1-3-4-18-24-25-20(29)26(18)23-11-14-9-16(21)19(17(10-14)27-2)28-12-13-5-7-15(22)8-6-13/h5-10,23H,3-4,11-12H2,1-2H3,(H,25,29). The highest BCUT2D eigenvalue weighted by molar-refractivity contribution is 9.10. The SMILES string of the molecule is CCCc1n[nH]c(=S)n1NCc1cc(Br)c(OCc2ccc(Cl)cc2)c(OC)c1. The highest BCUT2D eigenvalue weighted by Gasteiger charge is 2.13. The molecule has 0 saturated carbocycles. The van der Waals surface area contributed by atoms with Crippen molar-refractivity contribution in [3.8, 4) is 11.5 Å². The summed E-state index contributed by atoms with van der Waals surface area (Å²) in [7, 11) is 1.62. The number of nitrogens with one attached hydrogen (secondary N) is 2. The van der Waals surface area contributed by atoms with Crippen molar-refractivity contribution in [2.75, 3.05) is 12.5 Å². The molecule has 0 bridgehead atoms. The highest BCUT2D eigenvalue weighted by atomic mass is 79.9. The van der Waals surface area contributed by atoms with Crippen molar-refractivity contribution in [1.82, 2.24) is 14.9 Å². The topological polar surface area (TPSA) is 64.1 Å². The number of hydrogen-bond acceptors (Lipinski definition) is 5. The van der Waals surface area contributed by atoms with Crippen LogP contribution < -0.4 is 14.9 Å². The molecule has 3 aromatic rings. The van der Waals surface area contributed by atoms with Crippen LogP contribution in [0.15, 0.2) is 40.9 Å². The Kier molecular flexibility index (Phi) is 7.57. The van der Waals surface area contributed by atoms with Crippen LogP contribution in [0.4, 0.5) is 0 Å². The minimum Gasteiger partial charge on any atom is -0.493 e. The van der Waals surface area contributed by atoms with Gasteiger partial charge in [-0.15, -0.1) is 0 Å². The summed E-state index contributed by atoms with van der Waals surface area (Å²) >= 11 is 14.8. The largest absolute Gasteiger partial charge is 0.493 e. The first-order chi connectivity index (χ1) is 14.0. The first-order valence-electron chi connectivity index (χ1n) is 9.15. The zero-order valence-corrected chi connectivity index (χ0v) is 19.3. The Balaban J connectivity index is 1.73. The van der Waals surface area contributed by atoms with E-state index in [0.717, 1.165) is 34.3 Å². The van der Waals surface area contributed by atoms with Crippen molar-refractivity contribution in [3.05, 3.63) is 67.6 Å². The average Bonchev–Trinajstić information content (AvgIpc) is 3.06. The van der Waals surface area contributed by atoms with Crippen molar-refractivity contribution >= 4 is 39.7 Å². The van der Waals surface area contributed by atoms with Crippen LogP contribution in [-0.2, 0) is 19.6 Å². The summed E-state index contributed by atoms with van der Waals surface area (Å²) in [6.07, 6.45) is 1.82. The number of nitrogens with zero attached hydrogens (tertiary/aromatic N) is 2. The number of hydrogen-bond donors (Lipinski definition) is 2. The van der Waals surface area contributed by atoms with Crippen LogP contribution >= 0.6 is 39.7 Å². The van der Waals surface area contributed by atoms with E-state index in [1.807, 2.05) is 41.1 Å². The van der Waals surface area contributed by atoms with Gasteiger partial charge in [0.05, 0.1) is 18.1 Å². The van der Waals surface area contributed by atoms with Gasteiger partial charge in [0.1, 0.15) is 6.61 Å². The maximum atomic E-state index is 5.99. The van der Waals surface area contributed by atoms with Gasteiger partial charge in [-0.1, -0.05) is 30.7 Å². The normalized spacial score (nSPS) is 10.8. The van der Waals surface area contributed by atoms with E-state index in [1.165, 1.54) is 0 Å². The molecular formula is C20H22BrClN4O2S. The maximum absolute atomic E-state index is 5.99. The number of rotatable bonds is 9. The third-order valence-corrected chi connectivity index (χ3v) is 5.36. The van der Waals surface area contributed by atoms with Crippen LogP contribution in [0.2, 0.25) is 5.02 Å². The number of halogens is 2. The fourth-order valence-corrected chi connectivity index (χ4v) is 3.75. The lowest BCUT2D eigenvalue weighted by atomic mass is 10.2. The molecule has 154 valence electrons. The van der Waals surface area contributed by atoms with Crippen LogP contribution in [0.25, 0.3) is 0 Å². The van der Waals surface area contributed by atoms with E-state index >= 15 is 0 Å². The number of aromatic amines is 1. The Labute approximate surface area is 188 Å². The van der Waals surface area contributed by atoms with E-state index in [2.05, 4.69) is 38.5 Å². The van der Waals surface area contributed by atoms with E-state index in [4.69, 9.17) is 33.3 Å². The molecule has 0 unspecified atom stereocenters. The summed E-state index contributed by atoms with van der Waals surface area (Å²) in [6.45, 7) is 3.07. The predicted molar refractivity (Wildman–Crippen MR) is 121 cm³/mol. The van der Waals surface area contributed by atoms with E-state index < -0.39 is 0 Å². The van der Waals surface area contributed by atoms with Crippen LogP contribution in [0.5, 0.6) is 11.5 Å². The van der Waals surface area contributed by atoms with Crippen LogP contribution in [0.1, 0.15) is 30.3 Å². The number of H-pyrrole nitrogens is 1. The molecule has 0 saturated heterocycles. The monoisotopic (exact) mass is 496 g/mol. The second-order valence-electron chi connectivity index (χ2n) is 6.39. The smallest absolute Gasteiger partial charge is 0.214 e. The summed E-state index contributed by atoms with van der Waals surface area (Å²) in [5.74, 6) is 2.18. The number of methoxy groups -OCH3 is 1. The Morgan fingerprint density at radius 3 is 2.69 bits per heavy atom. The van der Waals surface area contributed by atoms with Gasteiger partial charge in [0, 0.05) is 11.4 Å². The third-order valence-electron chi connectivity index (χ3n) is 4.24. The summed E-state index contributed by atoms with van der Waals surface area (Å²) in [5, 5.41) is 7.79. The predicted octanol–water partition coefficient (Wildman–Crippen LogP) is 5.64. The zero-order chi connectivity index (χ0) is 20.8. The van der Waals surface area contributed by atoms with Crippen molar-refractivity contribution in [2.24, 2.45) is 0 Å². The third kappa shape index (κ3) is 5.52. The van der Waals surface area contributed by atoms with E-state index in [-0.39, 0.29) is 0 Å². The molecule has 0 radical (unpaired) electrons. The Hall–Kier alpha value is -2.03. The van der Waals surface area contributed by atoms with Gasteiger partial charge in [-0.25, -0.2) is 4.68 Å². The van der Waals surface area contributed by atoms with Gasteiger partial charge in [-0.3, -0.25) is 5.10 Å². The van der Waals surface area contributed by atoms with Crippen LogP contribution in [0.3, 0.4) is 0 Å². The van der Waals surface area contributed by atoms with Gasteiger partial charge >= 0.3 is 0 Å². The minimum absolute atomic E-state index is 0.411. The number of aryl methyl sites for hydroxylation is 1. The molecule has 29 heavy (non-hydrogen) atoms. The molecule has 9 heteroatoms. The van der Waals surface area contributed by atoms with Gasteiger partial charge < -0.3 is 14.9 Å². The molecular weight excluding hydrogens is 476 g/mol. The Bertz CT molecular complexity index is 1020. The van der Waals surface area contributed by atoms with Crippen molar-refractivity contribution in [3.63, 3.8) is 0 Å². The Morgan fingerprint density at radius 2 is 2.00 bits per heavy atom. The molecule has 0 fully saturated rings. The average molecular weight is 498 g/mol.